The molecule has 0 unspecified atom stereocenters. The maximum Gasteiger partial charge on any atom is 0.391 e. The van der Waals surface area contributed by atoms with Crippen molar-refractivity contribution in [1.29, 1.82) is 0 Å². The van der Waals surface area contributed by atoms with Gasteiger partial charge >= 0.3 is 6.18 Å². The molecule has 1 rings (SSSR count). The molecule has 15 heavy (non-hydrogen) atoms. The molecule has 1 nitrogen and oxygen atoms in total. The Hall–Kier alpha value is -0.510. The number of halogens is 3. The Labute approximate surface area is 88.7 Å². The summed E-state index contributed by atoms with van der Waals surface area (Å²) in [6, 6.07) is 0.267. The Bertz CT molecular complexity index is 192. The van der Waals surface area contributed by atoms with Gasteiger partial charge in [-0.05, 0) is 38.6 Å². The van der Waals surface area contributed by atoms with Crippen molar-refractivity contribution in [1.82, 2.24) is 5.32 Å². The zero-order chi connectivity index (χ0) is 11.3. The van der Waals surface area contributed by atoms with E-state index in [0.29, 0.717) is 12.8 Å². The van der Waals surface area contributed by atoms with Gasteiger partial charge in [-0.1, -0.05) is 6.08 Å². The molecule has 0 saturated heterocycles. The molecule has 1 N–H and O–H groups in total. The first kappa shape index (κ1) is 12.6. The number of alkyl halides is 3. The number of rotatable bonds is 4. The SMILES string of the molecule is C=CCCNC1CCC(C(F)(F)F)CC1. The molecular weight excluding hydrogens is 203 g/mol. The fraction of sp³-hybridized carbons (Fsp3) is 0.818. The second kappa shape index (κ2) is 5.54. The number of hydrogen-bond donors (Lipinski definition) is 1. The summed E-state index contributed by atoms with van der Waals surface area (Å²) in [5.41, 5.74) is 0. The normalized spacial score (nSPS) is 27.7. The molecule has 0 amide bonds. The average molecular weight is 221 g/mol. The van der Waals surface area contributed by atoms with E-state index in [-0.39, 0.29) is 18.9 Å². The predicted octanol–water partition coefficient (Wildman–Crippen LogP) is 3.27. The molecule has 0 heterocycles. The van der Waals surface area contributed by atoms with Crippen LogP contribution in [-0.4, -0.2) is 18.8 Å². The Morgan fingerprint density at radius 3 is 2.27 bits per heavy atom. The van der Waals surface area contributed by atoms with Crippen LogP contribution in [0.5, 0.6) is 0 Å². The van der Waals surface area contributed by atoms with Crippen LogP contribution in [0.4, 0.5) is 13.2 Å². The maximum atomic E-state index is 12.3. The molecule has 1 saturated carbocycles. The molecule has 0 spiro atoms. The minimum absolute atomic E-state index is 0.267. The lowest BCUT2D eigenvalue weighted by Crippen LogP contribution is -2.37. The summed E-state index contributed by atoms with van der Waals surface area (Å²) in [5.74, 6) is -1.07. The molecular formula is C11H18F3N. The fourth-order valence-electron chi connectivity index (χ4n) is 2.01. The number of hydrogen-bond acceptors (Lipinski definition) is 1. The monoisotopic (exact) mass is 221 g/mol. The van der Waals surface area contributed by atoms with Crippen molar-refractivity contribution in [3.8, 4) is 0 Å². The van der Waals surface area contributed by atoms with Crippen LogP contribution >= 0.6 is 0 Å². The maximum absolute atomic E-state index is 12.3. The molecule has 1 aliphatic carbocycles. The summed E-state index contributed by atoms with van der Waals surface area (Å²) >= 11 is 0. The third-order valence-corrected chi connectivity index (χ3v) is 2.97. The van der Waals surface area contributed by atoms with Crippen molar-refractivity contribution >= 4 is 0 Å². The Morgan fingerprint density at radius 2 is 1.80 bits per heavy atom. The van der Waals surface area contributed by atoms with Gasteiger partial charge in [-0.2, -0.15) is 13.2 Å². The summed E-state index contributed by atoms with van der Waals surface area (Å²) in [5, 5.41) is 3.26. The van der Waals surface area contributed by atoms with Gasteiger partial charge in [-0.25, -0.2) is 0 Å². The van der Waals surface area contributed by atoms with Crippen LogP contribution in [0.25, 0.3) is 0 Å². The Morgan fingerprint density at radius 1 is 1.20 bits per heavy atom. The van der Waals surface area contributed by atoms with Gasteiger partial charge in [0.25, 0.3) is 0 Å². The lowest BCUT2D eigenvalue weighted by atomic mass is 9.85. The molecule has 0 aromatic heterocycles. The van der Waals surface area contributed by atoms with Gasteiger partial charge in [0.2, 0.25) is 0 Å². The summed E-state index contributed by atoms with van der Waals surface area (Å²) in [4.78, 5) is 0. The molecule has 0 radical (unpaired) electrons. The molecule has 1 aliphatic rings. The van der Waals surface area contributed by atoms with Crippen molar-refractivity contribution in [2.45, 2.75) is 44.3 Å². The van der Waals surface area contributed by atoms with Gasteiger partial charge < -0.3 is 5.32 Å². The van der Waals surface area contributed by atoms with Gasteiger partial charge in [0.1, 0.15) is 0 Å². The first-order valence-corrected chi connectivity index (χ1v) is 5.45. The van der Waals surface area contributed by atoms with E-state index in [1.165, 1.54) is 0 Å². The third kappa shape index (κ3) is 4.24. The lowest BCUT2D eigenvalue weighted by molar-refractivity contribution is -0.182. The molecule has 0 aliphatic heterocycles. The fourth-order valence-corrected chi connectivity index (χ4v) is 2.01. The minimum Gasteiger partial charge on any atom is -0.314 e. The van der Waals surface area contributed by atoms with E-state index in [4.69, 9.17) is 0 Å². The molecule has 0 bridgehead atoms. The Kier molecular flexibility index (Phi) is 4.64. The average Bonchev–Trinajstić information content (AvgIpc) is 2.18. The summed E-state index contributed by atoms with van der Waals surface area (Å²) in [6.07, 6.45) is 0.521. The van der Waals surface area contributed by atoms with E-state index in [1.807, 2.05) is 6.08 Å². The predicted molar refractivity (Wildman–Crippen MR) is 54.6 cm³/mol. The second-order valence-corrected chi connectivity index (χ2v) is 4.12. The summed E-state index contributed by atoms with van der Waals surface area (Å²) < 4.78 is 37.0. The van der Waals surface area contributed by atoms with Crippen molar-refractivity contribution in [3.05, 3.63) is 12.7 Å². The van der Waals surface area contributed by atoms with Crippen LogP contribution in [0.1, 0.15) is 32.1 Å². The molecule has 1 fully saturated rings. The van der Waals surface area contributed by atoms with Gasteiger partial charge in [0.15, 0.2) is 0 Å². The minimum atomic E-state index is -3.99. The zero-order valence-electron chi connectivity index (χ0n) is 8.82. The topological polar surface area (TPSA) is 12.0 Å². The Balaban J connectivity index is 2.21. The first-order valence-electron chi connectivity index (χ1n) is 5.45. The highest BCUT2D eigenvalue weighted by atomic mass is 19.4. The van der Waals surface area contributed by atoms with Gasteiger partial charge in [0, 0.05) is 6.04 Å². The quantitative estimate of drug-likeness (QED) is 0.567. The lowest BCUT2D eigenvalue weighted by Gasteiger charge is -2.30. The van der Waals surface area contributed by atoms with Crippen molar-refractivity contribution in [2.75, 3.05) is 6.54 Å². The summed E-state index contributed by atoms with van der Waals surface area (Å²) in [7, 11) is 0. The van der Waals surface area contributed by atoms with E-state index in [9.17, 15) is 13.2 Å². The summed E-state index contributed by atoms with van der Waals surface area (Å²) in [6.45, 7) is 4.42. The number of nitrogens with one attached hydrogen (secondary N) is 1. The highest BCUT2D eigenvalue weighted by Crippen LogP contribution is 2.37. The third-order valence-electron chi connectivity index (χ3n) is 2.97. The van der Waals surface area contributed by atoms with Crippen LogP contribution in [0, 0.1) is 5.92 Å². The standard InChI is InChI=1S/C11H18F3N/c1-2-3-8-15-10-6-4-9(5-7-10)11(12,13)14/h2,9-10,15H,1,3-8H2. The van der Waals surface area contributed by atoms with E-state index in [0.717, 1.165) is 13.0 Å². The largest absolute Gasteiger partial charge is 0.391 e. The zero-order valence-corrected chi connectivity index (χ0v) is 8.82. The van der Waals surface area contributed by atoms with E-state index in [1.54, 1.807) is 0 Å². The van der Waals surface area contributed by atoms with E-state index < -0.39 is 12.1 Å². The van der Waals surface area contributed by atoms with Crippen LogP contribution in [0.3, 0.4) is 0 Å². The molecule has 4 heteroatoms. The molecule has 0 aromatic rings. The highest BCUT2D eigenvalue weighted by Gasteiger charge is 2.41. The van der Waals surface area contributed by atoms with Crippen molar-refractivity contribution in [2.24, 2.45) is 5.92 Å². The smallest absolute Gasteiger partial charge is 0.314 e. The van der Waals surface area contributed by atoms with Crippen LogP contribution < -0.4 is 5.32 Å². The van der Waals surface area contributed by atoms with Crippen molar-refractivity contribution in [3.63, 3.8) is 0 Å². The van der Waals surface area contributed by atoms with Gasteiger partial charge in [-0.3, -0.25) is 0 Å². The highest BCUT2D eigenvalue weighted by molar-refractivity contribution is 4.81. The van der Waals surface area contributed by atoms with Crippen LogP contribution in [0.15, 0.2) is 12.7 Å². The van der Waals surface area contributed by atoms with Crippen LogP contribution in [-0.2, 0) is 0 Å². The van der Waals surface area contributed by atoms with Gasteiger partial charge in [-0.15, -0.1) is 6.58 Å². The van der Waals surface area contributed by atoms with E-state index in [2.05, 4.69) is 11.9 Å². The first-order chi connectivity index (χ1) is 7.04. The molecule has 0 atom stereocenters. The van der Waals surface area contributed by atoms with Crippen LogP contribution in [0.2, 0.25) is 0 Å². The second-order valence-electron chi connectivity index (χ2n) is 4.12. The molecule has 0 aromatic carbocycles. The molecule has 88 valence electrons. The van der Waals surface area contributed by atoms with Crippen molar-refractivity contribution < 1.29 is 13.2 Å². The van der Waals surface area contributed by atoms with E-state index >= 15 is 0 Å². The van der Waals surface area contributed by atoms with Gasteiger partial charge in [0.05, 0.1) is 5.92 Å².